The molecule has 0 aromatic heterocycles. The highest BCUT2D eigenvalue weighted by Crippen LogP contribution is 2.17. The number of nitrogens with zero attached hydrogens (tertiary/aromatic N) is 1. The Hall–Kier alpha value is -1.56. The van der Waals surface area contributed by atoms with Gasteiger partial charge in [-0.25, -0.2) is 4.39 Å². The molecule has 0 spiro atoms. The fourth-order valence-corrected chi connectivity index (χ4v) is 1.79. The summed E-state index contributed by atoms with van der Waals surface area (Å²) >= 11 is 1.29. The fourth-order valence-electron chi connectivity index (χ4n) is 1.06. The van der Waals surface area contributed by atoms with E-state index in [4.69, 9.17) is 0 Å². The van der Waals surface area contributed by atoms with E-state index in [-0.39, 0.29) is 29.9 Å². The van der Waals surface area contributed by atoms with Gasteiger partial charge in [-0.1, -0.05) is 0 Å². The molecule has 0 bridgehead atoms. The van der Waals surface area contributed by atoms with Gasteiger partial charge < -0.3 is 10.2 Å². The Bertz CT molecular complexity index is 421. The van der Waals surface area contributed by atoms with Gasteiger partial charge in [0.05, 0.1) is 12.3 Å². The van der Waals surface area contributed by atoms with Gasteiger partial charge in [-0.05, 0) is 24.3 Å². The predicted octanol–water partition coefficient (Wildman–Crippen LogP) is 1.12. The lowest BCUT2D eigenvalue weighted by atomic mass is 10.4. The van der Waals surface area contributed by atoms with Crippen molar-refractivity contribution in [2.45, 2.75) is 4.90 Å². The first-order valence-electron chi connectivity index (χ1n) is 5.34. The molecule has 0 heterocycles. The number of halogens is 1. The number of hydrogen-bond acceptors (Lipinski definition) is 3. The zero-order valence-corrected chi connectivity index (χ0v) is 11.1. The van der Waals surface area contributed by atoms with Crippen LogP contribution in [0.1, 0.15) is 0 Å². The molecule has 2 amide bonds. The quantitative estimate of drug-likeness (QED) is 0.816. The molecule has 0 atom stereocenters. The highest BCUT2D eigenvalue weighted by Gasteiger charge is 2.07. The van der Waals surface area contributed by atoms with E-state index in [1.165, 1.54) is 28.8 Å². The van der Waals surface area contributed by atoms with Crippen molar-refractivity contribution in [1.82, 2.24) is 10.2 Å². The number of carbonyl (C=O) groups excluding carboxylic acids is 2. The number of amides is 2. The summed E-state index contributed by atoms with van der Waals surface area (Å²) in [6, 6.07) is 5.90. The standard InChI is InChI=1S/C12H15FN2O2S/c1-15(2)12(17)7-14-11(16)8-18-10-5-3-9(13)4-6-10/h3-6H,7-8H2,1-2H3,(H,14,16). The van der Waals surface area contributed by atoms with Crippen LogP contribution in [0.2, 0.25) is 0 Å². The second-order valence-corrected chi connectivity index (χ2v) is 4.86. The number of likely N-dealkylation sites (N-methyl/N-ethyl adjacent to an activating group) is 1. The zero-order valence-electron chi connectivity index (χ0n) is 10.3. The summed E-state index contributed by atoms with van der Waals surface area (Å²) in [6.07, 6.45) is 0. The topological polar surface area (TPSA) is 49.4 Å². The van der Waals surface area contributed by atoms with E-state index in [0.717, 1.165) is 4.90 Å². The monoisotopic (exact) mass is 270 g/mol. The molecular weight excluding hydrogens is 255 g/mol. The molecule has 1 aromatic carbocycles. The van der Waals surface area contributed by atoms with E-state index >= 15 is 0 Å². The molecule has 1 N–H and O–H groups in total. The number of benzene rings is 1. The van der Waals surface area contributed by atoms with Crippen molar-refractivity contribution >= 4 is 23.6 Å². The molecule has 1 aromatic rings. The molecule has 0 aliphatic carbocycles. The first-order chi connectivity index (χ1) is 8.49. The van der Waals surface area contributed by atoms with Gasteiger partial charge in [0.1, 0.15) is 5.82 Å². The van der Waals surface area contributed by atoms with Crippen LogP contribution in [0.15, 0.2) is 29.2 Å². The summed E-state index contributed by atoms with van der Waals surface area (Å²) in [4.78, 5) is 24.9. The van der Waals surface area contributed by atoms with E-state index in [1.54, 1.807) is 26.2 Å². The van der Waals surface area contributed by atoms with E-state index in [2.05, 4.69) is 5.32 Å². The Balaban J connectivity index is 2.29. The molecule has 0 radical (unpaired) electrons. The van der Waals surface area contributed by atoms with E-state index < -0.39 is 0 Å². The van der Waals surface area contributed by atoms with Crippen LogP contribution in [-0.2, 0) is 9.59 Å². The average Bonchev–Trinajstić information content (AvgIpc) is 2.35. The molecule has 0 aliphatic rings. The summed E-state index contributed by atoms with van der Waals surface area (Å²) in [6.45, 7) is -0.00416. The van der Waals surface area contributed by atoms with Crippen LogP contribution in [-0.4, -0.2) is 43.1 Å². The Morgan fingerprint density at radius 1 is 1.28 bits per heavy atom. The van der Waals surface area contributed by atoms with Crippen molar-refractivity contribution in [1.29, 1.82) is 0 Å². The second kappa shape index (κ2) is 7.00. The highest BCUT2D eigenvalue weighted by molar-refractivity contribution is 8.00. The van der Waals surface area contributed by atoms with Gasteiger partial charge in [-0.15, -0.1) is 11.8 Å². The molecular formula is C12H15FN2O2S. The van der Waals surface area contributed by atoms with Crippen LogP contribution in [0.25, 0.3) is 0 Å². The van der Waals surface area contributed by atoms with Crippen molar-refractivity contribution in [2.24, 2.45) is 0 Å². The number of nitrogens with one attached hydrogen (secondary N) is 1. The Morgan fingerprint density at radius 2 is 1.89 bits per heavy atom. The van der Waals surface area contributed by atoms with Gasteiger partial charge in [0.15, 0.2) is 0 Å². The number of carbonyl (C=O) groups is 2. The fraction of sp³-hybridized carbons (Fsp3) is 0.333. The van der Waals surface area contributed by atoms with Crippen LogP contribution in [0.4, 0.5) is 4.39 Å². The average molecular weight is 270 g/mol. The summed E-state index contributed by atoms with van der Waals surface area (Å²) in [7, 11) is 3.25. The molecule has 0 aliphatic heterocycles. The van der Waals surface area contributed by atoms with Crippen molar-refractivity contribution in [3.8, 4) is 0 Å². The molecule has 0 saturated carbocycles. The molecule has 0 unspecified atom stereocenters. The zero-order chi connectivity index (χ0) is 13.5. The highest BCUT2D eigenvalue weighted by atomic mass is 32.2. The largest absolute Gasteiger partial charge is 0.347 e. The van der Waals surface area contributed by atoms with Gasteiger partial charge >= 0.3 is 0 Å². The minimum atomic E-state index is -0.305. The van der Waals surface area contributed by atoms with Crippen molar-refractivity contribution in [3.63, 3.8) is 0 Å². The predicted molar refractivity (Wildman–Crippen MR) is 68.8 cm³/mol. The first kappa shape index (κ1) is 14.5. The van der Waals surface area contributed by atoms with Gasteiger partial charge in [-0.3, -0.25) is 9.59 Å². The summed E-state index contributed by atoms with van der Waals surface area (Å²) in [5.41, 5.74) is 0. The third kappa shape index (κ3) is 5.18. The van der Waals surface area contributed by atoms with Gasteiger partial charge in [0, 0.05) is 19.0 Å². The van der Waals surface area contributed by atoms with Crippen LogP contribution >= 0.6 is 11.8 Å². The normalized spacial score (nSPS) is 9.94. The third-order valence-corrected chi connectivity index (χ3v) is 3.13. The second-order valence-electron chi connectivity index (χ2n) is 3.81. The molecule has 4 nitrogen and oxygen atoms in total. The number of rotatable bonds is 5. The summed E-state index contributed by atoms with van der Waals surface area (Å²) in [5.74, 6) is -0.484. The van der Waals surface area contributed by atoms with Crippen LogP contribution in [0.3, 0.4) is 0 Å². The van der Waals surface area contributed by atoms with Gasteiger partial charge in [0.25, 0.3) is 0 Å². The third-order valence-electron chi connectivity index (χ3n) is 2.12. The van der Waals surface area contributed by atoms with Crippen LogP contribution in [0, 0.1) is 5.82 Å². The Labute approximate surface area is 110 Å². The maximum absolute atomic E-state index is 12.6. The summed E-state index contributed by atoms with van der Waals surface area (Å²) in [5, 5.41) is 2.52. The molecule has 98 valence electrons. The molecule has 0 saturated heterocycles. The first-order valence-corrected chi connectivity index (χ1v) is 6.33. The van der Waals surface area contributed by atoms with Crippen molar-refractivity contribution in [2.75, 3.05) is 26.4 Å². The lowest BCUT2D eigenvalue weighted by Gasteiger charge is -2.10. The van der Waals surface area contributed by atoms with Gasteiger partial charge in [0.2, 0.25) is 11.8 Å². The lowest BCUT2D eigenvalue weighted by Crippen LogP contribution is -2.36. The van der Waals surface area contributed by atoms with E-state index in [9.17, 15) is 14.0 Å². The molecule has 0 fully saturated rings. The van der Waals surface area contributed by atoms with Crippen molar-refractivity contribution in [3.05, 3.63) is 30.1 Å². The van der Waals surface area contributed by atoms with Crippen LogP contribution < -0.4 is 5.32 Å². The van der Waals surface area contributed by atoms with E-state index in [0.29, 0.717) is 0 Å². The SMILES string of the molecule is CN(C)C(=O)CNC(=O)CSc1ccc(F)cc1. The van der Waals surface area contributed by atoms with Crippen molar-refractivity contribution < 1.29 is 14.0 Å². The Kier molecular flexibility index (Phi) is 5.64. The van der Waals surface area contributed by atoms with Gasteiger partial charge in [-0.2, -0.15) is 0 Å². The maximum Gasteiger partial charge on any atom is 0.241 e. The minimum absolute atomic E-state index is 0.00416. The molecule has 6 heteroatoms. The lowest BCUT2D eigenvalue weighted by molar-refractivity contribution is -0.130. The molecule has 1 rings (SSSR count). The summed E-state index contributed by atoms with van der Waals surface area (Å²) < 4.78 is 12.6. The molecule has 18 heavy (non-hydrogen) atoms. The smallest absolute Gasteiger partial charge is 0.241 e. The minimum Gasteiger partial charge on any atom is -0.347 e. The number of thioether (sulfide) groups is 1. The van der Waals surface area contributed by atoms with Crippen LogP contribution in [0.5, 0.6) is 0 Å². The van der Waals surface area contributed by atoms with E-state index in [1.807, 2.05) is 0 Å². The maximum atomic E-state index is 12.6. The Morgan fingerprint density at radius 3 is 2.44 bits per heavy atom. The number of hydrogen-bond donors (Lipinski definition) is 1.